The minimum Gasteiger partial charge on any atom is -0.340 e. The minimum atomic E-state index is -0.262. The van der Waals surface area contributed by atoms with Crippen molar-refractivity contribution in [2.45, 2.75) is 39.2 Å². The van der Waals surface area contributed by atoms with Gasteiger partial charge in [0.05, 0.1) is 6.42 Å². The van der Waals surface area contributed by atoms with Gasteiger partial charge in [0.25, 0.3) is 0 Å². The Kier molecular flexibility index (Phi) is 5.74. The first kappa shape index (κ1) is 16.0. The highest BCUT2D eigenvalue weighted by atomic mass is 19.1. The third-order valence-electron chi connectivity index (χ3n) is 4.13. The number of benzene rings is 1. The maximum absolute atomic E-state index is 12.9. The van der Waals surface area contributed by atoms with Gasteiger partial charge in [0, 0.05) is 12.6 Å². The van der Waals surface area contributed by atoms with E-state index in [1.807, 2.05) is 4.90 Å². The van der Waals surface area contributed by atoms with Crippen molar-refractivity contribution in [3.63, 3.8) is 0 Å². The topological polar surface area (TPSA) is 32.3 Å². The molecule has 0 aromatic heterocycles. The molecule has 2 rings (SSSR count). The molecule has 0 spiro atoms. The van der Waals surface area contributed by atoms with Crippen LogP contribution in [0.2, 0.25) is 0 Å². The molecular weight excluding hydrogens is 267 g/mol. The summed E-state index contributed by atoms with van der Waals surface area (Å²) in [6.45, 7) is 7.04. The summed E-state index contributed by atoms with van der Waals surface area (Å²) in [5.41, 5.74) is 0.873. The molecule has 0 radical (unpaired) electrons. The smallest absolute Gasteiger partial charge is 0.227 e. The van der Waals surface area contributed by atoms with E-state index in [2.05, 4.69) is 19.2 Å². The van der Waals surface area contributed by atoms with Crippen molar-refractivity contribution in [1.29, 1.82) is 0 Å². The Hall–Kier alpha value is -1.42. The van der Waals surface area contributed by atoms with E-state index in [9.17, 15) is 9.18 Å². The number of amides is 1. The quantitative estimate of drug-likeness (QED) is 0.905. The zero-order chi connectivity index (χ0) is 15.2. The van der Waals surface area contributed by atoms with Crippen molar-refractivity contribution in [3.8, 4) is 0 Å². The molecule has 0 saturated carbocycles. The summed E-state index contributed by atoms with van der Waals surface area (Å²) in [7, 11) is 0. The van der Waals surface area contributed by atoms with Crippen molar-refractivity contribution in [2.75, 3.05) is 19.6 Å². The van der Waals surface area contributed by atoms with Crippen LogP contribution in [0.4, 0.5) is 4.39 Å². The van der Waals surface area contributed by atoms with Crippen molar-refractivity contribution < 1.29 is 9.18 Å². The normalized spacial score (nSPS) is 16.2. The lowest BCUT2D eigenvalue weighted by molar-refractivity contribution is -0.133. The monoisotopic (exact) mass is 292 g/mol. The van der Waals surface area contributed by atoms with Gasteiger partial charge in [0.2, 0.25) is 5.91 Å². The second-order valence-corrected chi connectivity index (χ2v) is 6.14. The Labute approximate surface area is 126 Å². The van der Waals surface area contributed by atoms with E-state index in [4.69, 9.17) is 0 Å². The lowest BCUT2D eigenvalue weighted by atomic mass is 9.96. The third-order valence-corrected chi connectivity index (χ3v) is 4.13. The molecule has 1 aromatic carbocycles. The molecule has 1 amide bonds. The largest absolute Gasteiger partial charge is 0.340 e. The SMILES string of the molecule is CC(C)N(CC1CCNCC1)C(=O)Cc1ccc(F)cc1. The van der Waals surface area contributed by atoms with Gasteiger partial charge in [-0.15, -0.1) is 0 Å². The highest BCUT2D eigenvalue weighted by Gasteiger charge is 2.22. The van der Waals surface area contributed by atoms with Gasteiger partial charge in [-0.25, -0.2) is 4.39 Å². The summed E-state index contributed by atoms with van der Waals surface area (Å²) in [5, 5.41) is 3.35. The number of piperidine rings is 1. The van der Waals surface area contributed by atoms with E-state index >= 15 is 0 Å². The first-order chi connectivity index (χ1) is 10.1. The van der Waals surface area contributed by atoms with E-state index in [0.29, 0.717) is 12.3 Å². The molecule has 0 bridgehead atoms. The molecule has 3 nitrogen and oxygen atoms in total. The van der Waals surface area contributed by atoms with Crippen LogP contribution in [0, 0.1) is 11.7 Å². The van der Waals surface area contributed by atoms with Crippen LogP contribution in [0.1, 0.15) is 32.3 Å². The average Bonchev–Trinajstić information content (AvgIpc) is 2.48. The fourth-order valence-corrected chi connectivity index (χ4v) is 2.82. The molecule has 1 aliphatic heterocycles. The lowest BCUT2D eigenvalue weighted by Gasteiger charge is -2.33. The van der Waals surface area contributed by atoms with Gasteiger partial charge in [-0.05, 0) is 63.4 Å². The summed E-state index contributed by atoms with van der Waals surface area (Å²) < 4.78 is 12.9. The van der Waals surface area contributed by atoms with Gasteiger partial charge in [-0.1, -0.05) is 12.1 Å². The molecular formula is C17H25FN2O. The number of nitrogens with one attached hydrogen (secondary N) is 1. The number of halogens is 1. The zero-order valence-corrected chi connectivity index (χ0v) is 12.9. The number of hydrogen-bond donors (Lipinski definition) is 1. The van der Waals surface area contributed by atoms with Crippen LogP contribution >= 0.6 is 0 Å². The Balaban J connectivity index is 1.96. The number of hydrogen-bond acceptors (Lipinski definition) is 2. The van der Waals surface area contributed by atoms with Gasteiger partial charge in [-0.3, -0.25) is 4.79 Å². The molecule has 1 saturated heterocycles. The Morgan fingerprint density at radius 3 is 2.48 bits per heavy atom. The highest BCUT2D eigenvalue weighted by molar-refractivity contribution is 5.79. The molecule has 4 heteroatoms. The first-order valence-corrected chi connectivity index (χ1v) is 7.81. The van der Waals surface area contributed by atoms with Gasteiger partial charge in [-0.2, -0.15) is 0 Å². The van der Waals surface area contributed by atoms with Crippen molar-refractivity contribution in [1.82, 2.24) is 10.2 Å². The summed E-state index contributed by atoms with van der Waals surface area (Å²) >= 11 is 0. The fourth-order valence-electron chi connectivity index (χ4n) is 2.82. The summed E-state index contributed by atoms with van der Waals surface area (Å²) in [6.07, 6.45) is 2.61. The first-order valence-electron chi connectivity index (χ1n) is 7.81. The van der Waals surface area contributed by atoms with Crippen LogP contribution in [0.5, 0.6) is 0 Å². The number of nitrogens with zero attached hydrogens (tertiary/aromatic N) is 1. The molecule has 0 atom stereocenters. The molecule has 0 unspecified atom stereocenters. The standard InChI is InChI=1S/C17H25FN2O/c1-13(2)20(12-15-7-9-19-10-8-15)17(21)11-14-3-5-16(18)6-4-14/h3-6,13,15,19H,7-12H2,1-2H3. The molecule has 0 aliphatic carbocycles. The lowest BCUT2D eigenvalue weighted by Crippen LogP contribution is -2.43. The second kappa shape index (κ2) is 7.55. The highest BCUT2D eigenvalue weighted by Crippen LogP contribution is 2.16. The molecule has 21 heavy (non-hydrogen) atoms. The molecule has 1 aromatic rings. The Morgan fingerprint density at radius 2 is 1.90 bits per heavy atom. The Bertz CT molecular complexity index is 452. The molecule has 1 heterocycles. The van der Waals surface area contributed by atoms with Crippen LogP contribution in [0.3, 0.4) is 0 Å². The van der Waals surface area contributed by atoms with Gasteiger partial charge >= 0.3 is 0 Å². The summed E-state index contributed by atoms with van der Waals surface area (Å²) in [5.74, 6) is 0.461. The summed E-state index contributed by atoms with van der Waals surface area (Å²) in [4.78, 5) is 14.5. The molecule has 1 aliphatic rings. The predicted molar refractivity (Wildman–Crippen MR) is 82.5 cm³/mol. The number of rotatable bonds is 5. The third kappa shape index (κ3) is 4.81. The number of carbonyl (C=O) groups is 1. The van der Waals surface area contributed by atoms with Crippen molar-refractivity contribution in [2.24, 2.45) is 5.92 Å². The maximum Gasteiger partial charge on any atom is 0.227 e. The molecule has 1 fully saturated rings. The van der Waals surface area contributed by atoms with E-state index in [1.54, 1.807) is 12.1 Å². The predicted octanol–water partition coefficient (Wildman–Crippen LogP) is 2.60. The molecule has 116 valence electrons. The second-order valence-electron chi connectivity index (χ2n) is 6.14. The minimum absolute atomic E-state index is 0.134. The van der Waals surface area contributed by atoms with E-state index in [-0.39, 0.29) is 17.8 Å². The van der Waals surface area contributed by atoms with Crippen molar-refractivity contribution in [3.05, 3.63) is 35.6 Å². The van der Waals surface area contributed by atoms with Crippen molar-refractivity contribution >= 4 is 5.91 Å². The van der Waals surface area contributed by atoms with E-state index in [1.165, 1.54) is 12.1 Å². The summed E-state index contributed by atoms with van der Waals surface area (Å²) in [6, 6.07) is 6.41. The average molecular weight is 292 g/mol. The molecule has 1 N–H and O–H groups in total. The maximum atomic E-state index is 12.9. The van der Waals surface area contributed by atoms with Crippen LogP contribution in [0.25, 0.3) is 0 Å². The van der Waals surface area contributed by atoms with Gasteiger partial charge in [0.15, 0.2) is 0 Å². The van der Waals surface area contributed by atoms with Crippen LogP contribution in [-0.4, -0.2) is 36.5 Å². The van der Waals surface area contributed by atoms with Gasteiger partial charge < -0.3 is 10.2 Å². The van der Waals surface area contributed by atoms with Gasteiger partial charge in [0.1, 0.15) is 5.82 Å². The van der Waals surface area contributed by atoms with Crippen LogP contribution in [-0.2, 0) is 11.2 Å². The zero-order valence-electron chi connectivity index (χ0n) is 12.9. The fraction of sp³-hybridized carbons (Fsp3) is 0.588. The number of carbonyl (C=O) groups excluding carboxylic acids is 1. The van der Waals surface area contributed by atoms with E-state index in [0.717, 1.165) is 38.0 Å². The Morgan fingerprint density at radius 1 is 1.29 bits per heavy atom. The van der Waals surface area contributed by atoms with E-state index < -0.39 is 0 Å². The van der Waals surface area contributed by atoms with Crippen LogP contribution < -0.4 is 5.32 Å². The van der Waals surface area contributed by atoms with Crippen LogP contribution in [0.15, 0.2) is 24.3 Å².